The number of quaternary nitrogens is 2. The second kappa shape index (κ2) is 25.5. The maximum atomic E-state index is 12.9. The number of aliphatic hydroxyl groups excluding tert-OH is 2. The molecule has 2 aromatic carbocycles. The fraction of sp³-hybridized carbons (Fsp3) is 0.583. The summed E-state index contributed by atoms with van der Waals surface area (Å²) in [7, 11) is 7.32. The van der Waals surface area contributed by atoms with Crippen molar-refractivity contribution in [1.29, 1.82) is 0 Å². The van der Waals surface area contributed by atoms with Gasteiger partial charge < -0.3 is 68.7 Å². The number of ether oxygens (including phenoxy) is 2. The zero-order valence-electron chi connectivity index (χ0n) is 44.2. The number of aliphatic hydroxyl groups is 2. The summed E-state index contributed by atoms with van der Waals surface area (Å²) in [6.45, 7) is 12.1. The van der Waals surface area contributed by atoms with Gasteiger partial charge in [0.2, 0.25) is 35.7 Å². The highest BCUT2D eigenvalue weighted by Crippen LogP contribution is 2.32. The molecule has 4 saturated heterocycles. The van der Waals surface area contributed by atoms with Crippen molar-refractivity contribution < 1.29 is 56.3 Å². The summed E-state index contributed by atoms with van der Waals surface area (Å²) in [5.74, 6) is 2.29. The summed E-state index contributed by atoms with van der Waals surface area (Å²) >= 11 is 0.637. The van der Waals surface area contributed by atoms with Crippen molar-refractivity contribution in [1.82, 2.24) is 39.7 Å². The van der Waals surface area contributed by atoms with Crippen LogP contribution in [-0.4, -0.2) is 257 Å². The summed E-state index contributed by atoms with van der Waals surface area (Å²) in [4.78, 5) is 41.4. The molecule has 76 heavy (non-hydrogen) atoms. The van der Waals surface area contributed by atoms with Gasteiger partial charge in [0.1, 0.15) is 35.4 Å². The molecule has 26 nitrogen and oxygen atoms in total. The number of nitrogens with zero attached hydrogens (tertiary/aromatic N) is 14. The van der Waals surface area contributed by atoms with Crippen LogP contribution in [0.15, 0.2) is 46.2 Å². The van der Waals surface area contributed by atoms with E-state index in [2.05, 4.69) is 77.6 Å². The molecule has 0 radical (unpaired) electrons. The Morgan fingerprint density at radius 2 is 1.01 bits per heavy atom. The number of morpholine rings is 2. The Morgan fingerprint density at radius 1 is 0.618 bits per heavy atom. The van der Waals surface area contributed by atoms with E-state index in [4.69, 9.17) is 43.7 Å². The third-order valence-electron chi connectivity index (χ3n) is 13.0. The van der Waals surface area contributed by atoms with Crippen molar-refractivity contribution in [3.63, 3.8) is 0 Å². The Balaban J connectivity index is 0.994. The van der Waals surface area contributed by atoms with Gasteiger partial charge in [0.05, 0.1) is 85.7 Å². The summed E-state index contributed by atoms with van der Waals surface area (Å²) < 4.78 is 56.0. The molecule has 28 heteroatoms. The molecule has 0 aliphatic carbocycles. The van der Waals surface area contributed by atoms with Gasteiger partial charge in [-0.3, -0.25) is 14.8 Å². The molecule has 4 fully saturated rings. The minimum Gasteiger partial charge on any atom is -0.744 e. The molecule has 0 saturated carbocycles. The van der Waals surface area contributed by atoms with Crippen molar-refractivity contribution in [2.45, 2.75) is 22.0 Å². The van der Waals surface area contributed by atoms with E-state index in [1.54, 1.807) is 30.3 Å². The molecule has 0 spiro atoms. The summed E-state index contributed by atoms with van der Waals surface area (Å²) in [5, 5.41) is 42.7. The maximum absolute atomic E-state index is 12.9. The molecule has 0 bridgehead atoms. The van der Waals surface area contributed by atoms with Crippen LogP contribution in [0.2, 0.25) is 0 Å². The van der Waals surface area contributed by atoms with Crippen molar-refractivity contribution in [2.75, 3.05) is 204 Å². The highest BCUT2D eigenvalue weighted by atomic mass is 32.2. The van der Waals surface area contributed by atoms with Gasteiger partial charge in [0.15, 0.2) is 0 Å². The fourth-order valence-electron chi connectivity index (χ4n) is 9.43. The van der Waals surface area contributed by atoms with Gasteiger partial charge in [-0.1, -0.05) is 24.3 Å². The summed E-state index contributed by atoms with van der Waals surface area (Å²) in [6, 6.07) is 9.52. The van der Waals surface area contributed by atoms with Crippen LogP contribution in [0.1, 0.15) is 11.1 Å². The first kappa shape index (κ1) is 57.0. The minimum atomic E-state index is -5.03. The van der Waals surface area contributed by atoms with Crippen molar-refractivity contribution >= 4 is 81.4 Å². The Labute approximate surface area is 448 Å². The number of benzene rings is 2. The normalized spacial score (nSPS) is 18.6. The lowest BCUT2D eigenvalue weighted by molar-refractivity contribution is -0.873. The number of anilines is 8. The molecular formula is C48H72N16O10S2. The topological polar surface area (TPSA) is 278 Å². The van der Waals surface area contributed by atoms with Crippen LogP contribution in [0.25, 0.3) is 12.2 Å². The number of β-amino-alcohol motifs (C(OH)–C–C–N with tert-alkyl or cyclic N) is 2. The number of hydrogen-bond acceptors (Lipinski definition) is 25. The van der Waals surface area contributed by atoms with Crippen LogP contribution < -0.4 is 35.5 Å². The largest absolute Gasteiger partial charge is 0.744 e. The first-order valence-electron chi connectivity index (χ1n) is 25.4. The van der Waals surface area contributed by atoms with Crippen LogP contribution in [0.4, 0.5) is 47.1 Å². The number of piperazine rings is 2. The van der Waals surface area contributed by atoms with Gasteiger partial charge in [-0.05, 0) is 35.4 Å². The quantitative estimate of drug-likeness (QED) is 0.0200. The molecule has 4 N–H and O–H groups in total. The zero-order valence-corrected chi connectivity index (χ0v) is 45.8. The SMILES string of the molecule is C[N+](C)(C)CC(O)CN1CCN(c2nc(Nc3ccc(/C=C/c4ccc(Nc5nc(N6CCOCC6)nc(N6CCN(CC(O)C[N+](C)(C)C)CC6)n5)cc4S(=O)(=O)[O-])c(SOO[O-])c3)nc(N3CCOCC3)n2)CC1. The van der Waals surface area contributed by atoms with Crippen LogP contribution in [0.3, 0.4) is 0 Å². The molecule has 416 valence electrons. The monoisotopic (exact) mass is 1100 g/mol. The number of likely N-dealkylation sites (N-methyl/N-ethyl adjacent to an activating group) is 2. The molecule has 2 aromatic heterocycles. The van der Waals surface area contributed by atoms with E-state index in [-0.39, 0.29) is 23.1 Å². The Hall–Kier alpha value is -5.18. The predicted octanol–water partition coefficient (Wildman–Crippen LogP) is -0.0997. The van der Waals surface area contributed by atoms with Crippen LogP contribution in [-0.2, 0) is 29.0 Å². The first-order valence-corrected chi connectivity index (χ1v) is 27.6. The van der Waals surface area contributed by atoms with Gasteiger partial charge in [-0.2, -0.15) is 34.2 Å². The number of nitrogens with one attached hydrogen (secondary N) is 2. The average molecular weight is 1100 g/mol. The zero-order chi connectivity index (χ0) is 54.0. The highest BCUT2D eigenvalue weighted by Gasteiger charge is 2.28. The number of aromatic nitrogens is 6. The van der Waals surface area contributed by atoms with Gasteiger partial charge in [0, 0.05) is 108 Å². The third kappa shape index (κ3) is 16.7. The minimum absolute atomic E-state index is 0.101. The standard InChI is InChI=1S/C48H72N16O10S2/c1-63(2,3)33-39(65)31-57-13-17-59(18-14-57)45-51-43(53-47(55-45)61-21-25-71-26-22-61)49-37-11-9-35(41(29-37)75-74-73-67)7-8-36-10-12-38(30-42(36)76(68,69)70)50-44-52-46(56-48(54-44)62-23-27-72-28-24-62)60-19-15-58(16-20-60)32-40(66)34-64(4,5)6/h7-12,29-30,39-40,65-66H,13-28,31-34H2,1-6H3,(H2-2,49,50,51,52,53,54,55,56,67,68,69,70)/b8-7+. The molecule has 0 amide bonds. The lowest BCUT2D eigenvalue weighted by atomic mass is 10.1. The van der Waals surface area contributed by atoms with E-state index in [1.165, 1.54) is 18.2 Å². The van der Waals surface area contributed by atoms with Crippen LogP contribution >= 0.6 is 12.0 Å². The maximum Gasteiger partial charge on any atom is 0.233 e. The molecule has 2 unspecified atom stereocenters. The highest BCUT2D eigenvalue weighted by molar-refractivity contribution is 7.94. The Kier molecular flexibility index (Phi) is 19.1. The Morgan fingerprint density at radius 3 is 1.42 bits per heavy atom. The van der Waals surface area contributed by atoms with Crippen LogP contribution in [0.5, 0.6) is 0 Å². The number of hydrogen-bond donors (Lipinski definition) is 4. The van der Waals surface area contributed by atoms with E-state index in [0.29, 0.717) is 179 Å². The van der Waals surface area contributed by atoms with Crippen molar-refractivity contribution in [2.24, 2.45) is 0 Å². The average Bonchev–Trinajstić information content (AvgIpc) is 3.38. The molecule has 4 aliphatic rings. The van der Waals surface area contributed by atoms with Crippen molar-refractivity contribution in [3.05, 3.63) is 47.5 Å². The number of rotatable bonds is 22. The molecule has 8 rings (SSSR count). The van der Waals surface area contributed by atoms with Crippen molar-refractivity contribution in [3.8, 4) is 0 Å². The predicted molar refractivity (Wildman–Crippen MR) is 285 cm³/mol. The van der Waals surface area contributed by atoms with Gasteiger partial charge >= 0.3 is 0 Å². The van der Waals surface area contributed by atoms with E-state index in [0.717, 1.165) is 13.1 Å². The lowest BCUT2D eigenvalue weighted by Gasteiger charge is -2.37. The summed E-state index contributed by atoms with van der Waals surface area (Å²) in [6.07, 6.45) is 2.15. The van der Waals surface area contributed by atoms with E-state index >= 15 is 0 Å². The molecule has 4 aliphatic heterocycles. The Bertz CT molecular complexity index is 2690. The van der Waals surface area contributed by atoms with Crippen LogP contribution in [0, 0.1) is 0 Å². The summed E-state index contributed by atoms with van der Waals surface area (Å²) in [5.41, 5.74) is 1.38. The third-order valence-corrected chi connectivity index (χ3v) is 14.5. The van der Waals surface area contributed by atoms with Gasteiger partial charge in [-0.15, -0.1) is 0 Å². The lowest BCUT2D eigenvalue weighted by Crippen LogP contribution is -2.52. The van der Waals surface area contributed by atoms with E-state index in [9.17, 15) is 28.4 Å². The molecule has 6 heterocycles. The fourth-order valence-corrected chi connectivity index (χ4v) is 10.6. The van der Waals surface area contributed by atoms with Gasteiger partial charge in [0.25, 0.3) is 0 Å². The second-order valence-electron chi connectivity index (χ2n) is 21.3. The smallest absolute Gasteiger partial charge is 0.233 e. The van der Waals surface area contributed by atoms with E-state index in [1.807, 2.05) is 9.80 Å². The first-order chi connectivity index (χ1) is 36.2. The second-order valence-corrected chi connectivity index (χ2v) is 23.4. The van der Waals surface area contributed by atoms with E-state index < -0.39 is 27.2 Å². The molecular weight excluding hydrogens is 1020 g/mol. The molecule has 2 atom stereocenters. The van der Waals surface area contributed by atoms with Gasteiger partial charge in [-0.25, -0.2) is 8.42 Å². The molecule has 4 aromatic rings.